The zero-order chi connectivity index (χ0) is 24.6. The molecule has 0 radical (unpaired) electrons. The lowest BCUT2D eigenvalue weighted by atomic mass is 9.69. The first-order chi connectivity index (χ1) is 18.3. The number of hydrogen-bond acceptors (Lipinski definition) is 2. The van der Waals surface area contributed by atoms with E-state index in [4.69, 9.17) is 9.47 Å². The Bertz CT molecular complexity index is 1300. The summed E-state index contributed by atoms with van der Waals surface area (Å²) in [4.78, 5) is 0. The van der Waals surface area contributed by atoms with Gasteiger partial charge in [-0.3, -0.25) is 0 Å². The van der Waals surface area contributed by atoms with Crippen molar-refractivity contribution in [2.24, 2.45) is 23.7 Å². The van der Waals surface area contributed by atoms with Gasteiger partial charge in [-0.05, 0) is 77.1 Å². The summed E-state index contributed by atoms with van der Waals surface area (Å²) < 4.78 is 13.5. The van der Waals surface area contributed by atoms with E-state index in [2.05, 4.69) is 72.8 Å². The molecule has 4 aromatic carbocycles. The lowest BCUT2D eigenvalue weighted by Gasteiger charge is -2.38. The van der Waals surface area contributed by atoms with E-state index in [1.54, 1.807) is 0 Å². The van der Waals surface area contributed by atoms with Crippen LogP contribution in [-0.2, 0) is 0 Å². The van der Waals surface area contributed by atoms with E-state index in [1.165, 1.54) is 90.5 Å². The van der Waals surface area contributed by atoms with Gasteiger partial charge in [-0.15, -0.1) is 0 Å². The second-order valence-corrected chi connectivity index (χ2v) is 11.8. The topological polar surface area (TPSA) is 18.5 Å². The van der Waals surface area contributed by atoms with Crippen LogP contribution in [0, 0.1) is 23.7 Å². The molecule has 3 aliphatic rings. The summed E-state index contributed by atoms with van der Waals surface area (Å²) in [6, 6.07) is 26.1. The number of rotatable bonds is 2. The number of hydrogen-bond donors (Lipinski definition) is 0. The average molecular weight is 491 g/mol. The number of fused-ring (bicyclic) bond motifs is 7. The van der Waals surface area contributed by atoms with E-state index in [0.717, 1.165) is 36.5 Å². The van der Waals surface area contributed by atoms with Crippen molar-refractivity contribution in [1.29, 1.82) is 0 Å². The van der Waals surface area contributed by atoms with Gasteiger partial charge in [0.25, 0.3) is 0 Å². The van der Waals surface area contributed by atoms with Gasteiger partial charge >= 0.3 is 0 Å². The van der Waals surface area contributed by atoms with E-state index in [1.807, 2.05) is 0 Å². The van der Waals surface area contributed by atoms with Crippen LogP contribution in [0.15, 0.2) is 72.8 Å². The van der Waals surface area contributed by atoms with Crippen molar-refractivity contribution >= 4 is 21.5 Å². The van der Waals surface area contributed by atoms with Crippen LogP contribution in [0.4, 0.5) is 0 Å². The molecule has 0 N–H and O–H groups in total. The summed E-state index contributed by atoms with van der Waals surface area (Å²) in [6.45, 7) is 1.46. The van der Waals surface area contributed by atoms with Gasteiger partial charge in [-0.1, -0.05) is 92.8 Å². The summed E-state index contributed by atoms with van der Waals surface area (Å²) in [6.07, 6.45) is 12.8. The van der Waals surface area contributed by atoms with Crippen molar-refractivity contribution in [3.63, 3.8) is 0 Å². The zero-order valence-electron chi connectivity index (χ0n) is 21.8. The van der Waals surface area contributed by atoms with Gasteiger partial charge in [0.1, 0.15) is 11.5 Å². The molecule has 0 unspecified atom stereocenters. The lowest BCUT2D eigenvalue weighted by molar-refractivity contribution is 0.0828. The first kappa shape index (κ1) is 23.1. The summed E-state index contributed by atoms with van der Waals surface area (Å²) in [5.74, 6) is 5.03. The zero-order valence-corrected chi connectivity index (χ0v) is 21.8. The molecule has 2 fully saturated rings. The molecule has 0 atom stereocenters. The van der Waals surface area contributed by atoms with Crippen LogP contribution in [0.5, 0.6) is 11.5 Å². The highest BCUT2D eigenvalue weighted by Crippen LogP contribution is 2.47. The van der Waals surface area contributed by atoms with Crippen LogP contribution in [0.25, 0.3) is 32.7 Å². The summed E-state index contributed by atoms with van der Waals surface area (Å²) >= 11 is 0. The molecule has 0 bridgehead atoms. The Hall–Kier alpha value is -3.00. The molecular weight excluding hydrogens is 452 g/mol. The van der Waals surface area contributed by atoms with E-state index >= 15 is 0 Å². The Morgan fingerprint density at radius 3 is 1.43 bits per heavy atom. The fourth-order valence-corrected chi connectivity index (χ4v) is 7.67. The molecule has 1 aliphatic heterocycles. The molecule has 4 aromatic rings. The van der Waals surface area contributed by atoms with Gasteiger partial charge in [0.2, 0.25) is 0 Å². The number of ether oxygens (including phenoxy) is 2. The smallest absolute Gasteiger partial charge is 0.127 e. The quantitative estimate of drug-likeness (QED) is 0.279. The van der Waals surface area contributed by atoms with E-state index in [-0.39, 0.29) is 0 Å². The minimum atomic E-state index is 0.420. The molecule has 190 valence electrons. The monoisotopic (exact) mass is 490 g/mol. The molecule has 2 aliphatic carbocycles. The van der Waals surface area contributed by atoms with Crippen molar-refractivity contribution in [2.75, 3.05) is 13.2 Å². The van der Waals surface area contributed by atoms with Crippen LogP contribution in [0.2, 0.25) is 0 Å². The fourth-order valence-electron chi connectivity index (χ4n) is 7.67. The lowest BCUT2D eigenvalue weighted by Crippen LogP contribution is -2.32. The third kappa shape index (κ3) is 4.39. The maximum absolute atomic E-state index is 6.75. The SMILES string of the molecule is c1ccc2c3c(ccc2c1)OCC(C1CCC(C2CCCCC2)CC1)COc1ccc2ccccc2c1-3. The third-order valence-electron chi connectivity index (χ3n) is 9.74. The normalized spacial score (nSPS) is 23.2. The van der Waals surface area contributed by atoms with Crippen molar-refractivity contribution in [2.45, 2.75) is 57.8 Å². The summed E-state index contributed by atoms with van der Waals surface area (Å²) in [5.41, 5.74) is 2.35. The molecule has 1 heterocycles. The van der Waals surface area contributed by atoms with E-state index in [9.17, 15) is 0 Å². The minimum absolute atomic E-state index is 0.420. The van der Waals surface area contributed by atoms with Gasteiger partial charge < -0.3 is 9.47 Å². The first-order valence-electron chi connectivity index (χ1n) is 14.6. The molecular formula is C35H38O2. The molecule has 2 saturated carbocycles. The second-order valence-electron chi connectivity index (χ2n) is 11.8. The highest BCUT2D eigenvalue weighted by atomic mass is 16.5. The van der Waals surface area contributed by atoms with Gasteiger partial charge in [-0.2, -0.15) is 0 Å². The van der Waals surface area contributed by atoms with Crippen LogP contribution < -0.4 is 9.47 Å². The molecule has 2 heteroatoms. The molecule has 2 nitrogen and oxygen atoms in total. The van der Waals surface area contributed by atoms with Crippen LogP contribution in [0.3, 0.4) is 0 Å². The molecule has 0 aromatic heterocycles. The van der Waals surface area contributed by atoms with E-state index in [0.29, 0.717) is 11.8 Å². The highest BCUT2D eigenvalue weighted by Gasteiger charge is 2.33. The number of benzene rings is 4. The van der Waals surface area contributed by atoms with Crippen molar-refractivity contribution < 1.29 is 9.47 Å². The van der Waals surface area contributed by atoms with Gasteiger partial charge in [0, 0.05) is 17.0 Å². The van der Waals surface area contributed by atoms with Gasteiger partial charge in [0.05, 0.1) is 13.2 Å². The maximum Gasteiger partial charge on any atom is 0.127 e. The minimum Gasteiger partial charge on any atom is -0.492 e. The largest absolute Gasteiger partial charge is 0.492 e. The van der Waals surface area contributed by atoms with Crippen molar-refractivity contribution in [3.05, 3.63) is 72.8 Å². The predicted octanol–water partition coefficient (Wildman–Crippen LogP) is 9.43. The predicted molar refractivity (Wildman–Crippen MR) is 153 cm³/mol. The van der Waals surface area contributed by atoms with Gasteiger partial charge in [0.15, 0.2) is 0 Å². The Morgan fingerprint density at radius 2 is 0.892 bits per heavy atom. The molecule has 0 saturated heterocycles. The Kier molecular flexibility index (Phi) is 6.28. The Balaban J connectivity index is 1.24. The molecule has 7 rings (SSSR count). The van der Waals surface area contributed by atoms with Crippen LogP contribution >= 0.6 is 0 Å². The highest BCUT2D eigenvalue weighted by molar-refractivity contribution is 6.09. The van der Waals surface area contributed by atoms with Crippen molar-refractivity contribution in [3.8, 4) is 22.6 Å². The third-order valence-corrected chi connectivity index (χ3v) is 9.74. The molecule has 37 heavy (non-hydrogen) atoms. The van der Waals surface area contributed by atoms with E-state index < -0.39 is 0 Å². The fraction of sp³-hybridized carbons (Fsp3) is 0.429. The molecule has 0 spiro atoms. The van der Waals surface area contributed by atoms with Gasteiger partial charge in [-0.25, -0.2) is 0 Å². The Labute approximate surface area is 221 Å². The molecule has 0 amide bonds. The standard InChI is InChI=1S/C35H38O2/c1-2-8-24(9-3-1)25-14-16-26(17-15-25)29-22-36-32-20-18-27-10-4-6-12-30(27)34(32)35-31-13-7-5-11-28(31)19-21-33(35)37-23-29/h4-7,10-13,18-21,24-26,29H,1-3,8-9,14-17,22-23H2. The first-order valence-corrected chi connectivity index (χ1v) is 14.6. The Morgan fingerprint density at radius 1 is 0.432 bits per heavy atom. The average Bonchev–Trinajstić information content (AvgIpc) is 3.05. The summed E-state index contributed by atoms with van der Waals surface area (Å²) in [7, 11) is 0. The second kappa shape index (κ2) is 10.0. The van der Waals surface area contributed by atoms with Crippen LogP contribution in [-0.4, -0.2) is 13.2 Å². The van der Waals surface area contributed by atoms with Crippen LogP contribution in [0.1, 0.15) is 57.8 Å². The summed E-state index contributed by atoms with van der Waals surface area (Å²) in [5, 5.41) is 4.93. The van der Waals surface area contributed by atoms with Crippen molar-refractivity contribution in [1.82, 2.24) is 0 Å². The maximum atomic E-state index is 6.75.